The van der Waals surface area contributed by atoms with Crippen LogP contribution in [0.15, 0.2) is 53.3 Å². The van der Waals surface area contributed by atoms with Crippen molar-refractivity contribution in [1.82, 2.24) is 0 Å². The van der Waals surface area contributed by atoms with Gasteiger partial charge in [0.15, 0.2) is 35.5 Å². The summed E-state index contributed by atoms with van der Waals surface area (Å²) in [6, 6.07) is 8.98. The Morgan fingerprint density at radius 1 is 0.722 bits per heavy atom. The van der Waals surface area contributed by atoms with Gasteiger partial charge in [0.2, 0.25) is 0 Å². The maximum Gasteiger partial charge on any atom is 0.338 e. The Bertz CT molecular complexity index is 1850. The maximum atomic E-state index is 15.1. The zero-order valence-electron chi connectivity index (χ0n) is 30.5. The Morgan fingerprint density at radius 2 is 1.31 bits per heavy atom. The number of furan rings is 1. The summed E-state index contributed by atoms with van der Waals surface area (Å²) in [7, 11) is 0. The van der Waals surface area contributed by atoms with Crippen molar-refractivity contribution in [2.45, 2.75) is 89.7 Å². The van der Waals surface area contributed by atoms with Crippen LogP contribution in [0.5, 0.6) is 0 Å². The Balaban J connectivity index is 1.90. The molecule has 54 heavy (non-hydrogen) atoms. The van der Waals surface area contributed by atoms with E-state index < -0.39 is 119 Å². The van der Waals surface area contributed by atoms with Gasteiger partial charge in [-0.1, -0.05) is 18.2 Å². The summed E-state index contributed by atoms with van der Waals surface area (Å²) in [6.45, 7) is 5.32. The average Bonchev–Trinajstić information content (AvgIpc) is 3.69. The van der Waals surface area contributed by atoms with E-state index in [9.17, 15) is 38.7 Å². The van der Waals surface area contributed by atoms with Gasteiger partial charge in [-0.05, 0) is 32.0 Å². The minimum atomic E-state index is -2.82. The first kappa shape index (κ1) is 39.8. The molecule has 2 saturated carbocycles. The molecule has 1 saturated heterocycles. The number of fused-ring (bicyclic) bond motifs is 1. The molecule has 1 aromatic heterocycles. The normalized spacial score (nSPS) is 33.7. The number of esters is 6. The molecule has 1 N–H and O–H groups in total. The Morgan fingerprint density at radius 3 is 1.85 bits per heavy atom. The van der Waals surface area contributed by atoms with Crippen LogP contribution in [0, 0.1) is 17.3 Å². The van der Waals surface area contributed by atoms with Crippen LogP contribution >= 0.6 is 0 Å². The summed E-state index contributed by atoms with van der Waals surface area (Å²) < 4.78 is 46.2. The van der Waals surface area contributed by atoms with Crippen LogP contribution in [-0.4, -0.2) is 107 Å². The van der Waals surface area contributed by atoms with Crippen molar-refractivity contribution in [1.29, 1.82) is 0 Å². The van der Waals surface area contributed by atoms with Crippen molar-refractivity contribution in [3.8, 4) is 0 Å². The number of hydrogen-bond donors (Lipinski definition) is 1. The van der Waals surface area contributed by atoms with E-state index in [0.717, 1.165) is 54.1 Å². The molecule has 3 aliphatic rings. The molecule has 2 heterocycles. The molecular formula is C37H40O17. The number of ether oxygens (including phenoxy) is 7. The summed E-state index contributed by atoms with van der Waals surface area (Å²) in [5, 5.41) is 13.3. The number of hydrogen-bond acceptors (Lipinski definition) is 17. The number of aliphatic hydroxyl groups is 1. The van der Waals surface area contributed by atoms with Crippen molar-refractivity contribution in [2.24, 2.45) is 17.3 Å². The summed E-state index contributed by atoms with van der Waals surface area (Å²) >= 11 is 0. The third-order valence-corrected chi connectivity index (χ3v) is 10.2. The second-order valence-corrected chi connectivity index (χ2v) is 13.9. The number of rotatable bonds is 11. The molecule has 1 aliphatic heterocycles. The smallest absolute Gasteiger partial charge is 0.338 e. The minimum Gasteiger partial charge on any atom is -0.472 e. The second-order valence-electron chi connectivity index (χ2n) is 13.9. The van der Waals surface area contributed by atoms with Crippen molar-refractivity contribution in [3.05, 3.63) is 60.1 Å². The predicted octanol–water partition coefficient (Wildman–Crippen LogP) is 1.70. The molecule has 3 fully saturated rings. The third kappa shape index (κ3) is 6.34. The molecule has 17 heteroatoms. The van der Waals surface area contributed by atoms with Crippen LogP contribution in [0.1, 0.15) is 69.2 Å². The van der Waals surface area contributed by atoms with E-state index in [1.165, 1.54) is 25.1 Å². The number of ketones is 2. The fourth-order valence-corrected chi connectivity index (χ4v) is 8.50. The molecule has 290 valence electrons. The van der Waals surface area contributed by atoms with Crippen LogP contribution in [0.3, 0.4) is 0 Å². The van der Waals surface area contributed by atoms with E-state index in [-0.39, 0.29) is 11.1 Å². The van der Waals surface area contributed by atoms with E-state index in [4.69, 9.17) is 37.6 Å². The molecule has 2 aromatic rings. The molecule has 1 aromatic carbocycles. The van der Waals surface area contributed by atoms with E-state index in [0.29, 0.717) is 0 Å². The van der Waals surface area contributed by atoms with Crippen LogP contribution in [-0.2, 0) is 61.9 Å². The topological polar surface area (TPSA) is 235 Å². The molecule has 10 atom stereocenters. The zero-order chi connectivity index (χ0) is 40.0. The molecule has 17 nitrogen and oxygen atoms in total. The number of carbonyl (C=O) groups is 8. The zero-order valence-corrected chi connectivity index (χ0v) is 30.5. The molecule has 1 spiro atoms. The van der Waals surface area contributed by atoms with E-state index >= 15 is 4.79 Å². The van der Waals surface area contributed by atoms with Crippen molar-refractivity contribution in [3.63, 3.8) is 0 Å². The number of Topliss-reactive ketones (excluding diaryl/α,β-unsaturated/α-hetero) is 2. The van der Waals surface area contributed by atoms with Gasteiger partial charge in [0.05, 0.1) is 29.2 Å². The van der Waals surface area contributed by atoms with Crippen LogP contribution in [0.4, 0.5) is 0 Å². The number of benzene rings is 1. The fourth-order valence-electron chi connectivity index (χ4n) is 8.50. The van der Waals surface area contributed by atoms with E-state index in [2.05, 4.69) is 0 Å². The predicted molar refractivity (Wildman–Crippen MR) is 176 cm³/mol. The van der Waals surface area contributed by atoms with Gasteiger partial charge in [-0.15, -0.1) is 0 Å². The lowest BCUT2D eigenvalue weighted by Gasteiger charge is -2.66. The lowest BCUT2D eigenvalue weighted by atomic mass is 9.43. The molecule has 2 aliphatic carbocycles. The van der Waals surface area contributed by atoms with Gasteiger partial charge in [0.25, 0.3) is 0 Å². The van der Waals surface area contributed by atoms with E-state index in [1.807, 2.05) is 0 Å². The summed E-state index contributed by atoms with van der Waals surface area (Å²) in [4.78, 5) is 107. The van der Waals surface area contributed by atoms with Crippen LogP contribution in [0.2, 0.25) is 0 Å². The van der Waals surface area contributed by atoms with E-state index in [1.54, 1.807) is 18.2 Å². The standard InChI is InChI=1S/C37H40O17/c1-18(38)48-17-36-31(52-21(4)41)28(44)26-30(51-20(3)40)37(36,54-34(26,6)16-49-33(45)23-11-9-8-10-12-23)35(7,46)25(27(43)24-13-14-47-15-24)29(50-19(2)39)32(36)53-22(5)42/h8-15,25-26,29-32,46H,16-17H2,1-7H3. The van der Waals surface area contributed by atoms with Gasteiger partial charge >= 0.3 is 35.8 Å². The fraction of sp³-hybridized carbons (Fsp3) is 0.514. The highest BCUT2D eigenvalue weighted by Gasteiger charge is 2.91. The molecule has 5 rings (SSSR count). The van der Waals surface area contributed by atoms with Gasteiger partial charge in [0, 0.05) is 34.6 Å². The van der Waals surface area contributed by atoms with Gasteiger partial charge < -0.3 is 42.7 Å². The monoisotopic (exact) mass is 756 g/mol. The highest BCUT2D eigenvalue weighted by atomic mass is 16.6. The Labute approximate surface area is 308 Å². The Hall–Kier alpha value is -5.42. The van der Waals surface area contributed by atoms with Crippen molar-refractivity contribution in [2.75, 3.05) is 13.2 Å². The highest BCUT2D eigenvalue weighted by Crippen LogP contribution is 2.69. The molecule has 2 bridgehead atoms. The summed E-state index contributed by atoms with van der Waals surface area (Å²) in [5.74, 6) is -11.9. The Kier molecular flexibility index (Phi) is 10.6. The van der Waals surface area contributed by atoms with Crippen LogP contribution in [0.25, 0.3) is 0 Å². The molecule has 0 radical (unpaired) electrons. The van der Waals surface area contributed by atoms with Gasteiger partial charge in [-0.25, -0.2) is 4.79 Å². The second kappa shape index (κ2) is 14.4. The molecular weight excluding hydrogens is 716 g/mol. The highest BCUT2D eigenvalue weighted by molar-refractivity contribution is 6.00. The lowest BCUT2D eigenvalue weighted by molar-refractivity contribution is -0.363. The molecule has 0 amide bonds. The van der Waals surface area contributed by atoms with Gasteiger partial charge in [-0.2, -0.15) is 0 Å². The first-order valence-corrected chi connectivity index (χ1v) is 16.8. The SMILES string of the molecule is CC(=O)OCC12C(OC(C)=O)C(=O)C3C(OC(C)=O)C1(OC3(C)COC(=O)c1ccccc1)C(C)(O)C(C(=O)c1ccoc1)C(OC(C)=O)C2OC(C)=O. The first-order chi connectivity index (χ1) is 25.2. The first-order valence-electron chi connectivity index (χ1n) is 16.8. The lowest BCUT2D eigenvalue weighted by Crippen LogP contribution is -2.87. The quantitative estimate of drug-likeness (QED) is 0.195. The van der Waals surface area contributed by atoms with Crippen molar-refractivity contribution >= 4 is 47.4 Å². The third-order valence-electron chi connectivity index (χ3n) is 10.2. The molecule has 10 unspecified atom stereocenters. The van der Waals surface area contributed by atoms with Crippen LogP contribution < -0.4 is 0 Å². The minimum absolute atomic E-state index is 0.111. The summed E-state index contributed by atoms with van der Waals surface area (Å²) in [6.07, 6.45) is -6.16. The van der Waals surface area contributed by atoms with Crippen molar-refractivity contribution < 1.29 is 81.0 Å². The maximum absolute atomic E-state index is 15.1. The van der Waals surface area contributed by atoms with Gasteiger partial charge in [-0.3, -0.25) is 33.6 Å². The van der Waals surface area contributed by atoms with Gasteiger partial charge in [0.1, 0.15) is 42.2 Å². The summed E-state index contributed by atoms with van der Waals surface area (Å²) in [5.41, 5.74) is -10.4. The average molecular weight is 757 g/mol. The largest absolute Gasteiger partial charge is 0.472 e. The number of carbonyl (C=O) groups excluding carboxylic acids is 8.